The minimum absolute atomic E-state index is 0.0216. The maximum Gasteiger partial charge on any atom is 0.225 e. The van der Waals surface area contributed by atoms with Gasteiger partial charge in [-0.05, 0) is 160 Å². The number of rotatable bonds is 12. The van der Waals surface area contributed by atoms with E-state index in [1.165, 1.54) is 49.9 Å². The predicted octanol–water partition coefficient (Wildman–Crippen LogP) is 14.1. The Hall–Kier alpha value is -2.47. The SMILES string of the molecule is CC(C)C(=O)Cl.CC(C)C(=O)N1CCC(CCN2CCN(c3ccc(Cl)cc3Cl)[C@H](c3ccc(Cl)cc3)C2)CC1.Clc1ccc([C@@H]2CN(CCC3CCNCC3)CCN2c2ccc(Cl)cc2Cl)cc1. The van der Waals surface area contributed by atoms with Gasteiger partial charge in [-0.1, -0.05) is 122 Å². The summed E-state index contributed by atoms with van der Waals surface area (Å²) in [6.07, 6.45) is 7.30. The summed E-state index contributed by atoms with van der Waals surface area (Å²) in [5, 5.41) is 7.42. The zero-order chi connectivity index (χ0) is 49.6. The Morgan fingerprint density at radius 1 is 0.536 bits per heavy atom. The molecular formula is C54H69Cl7N6O2. The Morgan fingerprint density at radius 2 is 0.928 bits per heavy atom. The molecule has 0 spiro atoms. The summed E-state index contributed by atoms with van der Waals surface area (Å²) in [7, 11) is 0. The van der Waals surface area contributed by atoms with E-state index in [0.29, 0.717) is 31.9 Å². The van der Waals surface area contributed by atoms with Gasteiger partial charge in [0, 0.05) is 84.3 Å². The number of carbonyl (C=O) groups excluding carboxylic acids is 2. The highest BCUT2D eigenvalue weighted by Crippen LogP contribution is 2.39. The zero-order valence-corrected chi connectivity index (χ0v) is 45.8. The lowest BCUT2D eigenvalue weighted by Crippen LogP contribution is -2.49. The number of carbonyl (C=O) groups is 2. The normalized spacial score (nSPS) is 19.8. The summed E-state index contributed by atoms with van der Waals surface area (Å²) in [6.45, 7) is 19.7. The maximum atomic E-state index is 12.3. The van der Waals surface area contributed by atoms with Gasteiger partial charge in [-0.2, -0.15) is 0 Å². The van der Waals surface area contributed by atoms with E-state index >= 15 is 0 Å². The Balaban J connectivity index is 0.000000205. The number of likely N-dealkylation sites (tertiary alicyclic amines) is 1. The largest absolute Gasteiger partial charge is 0.361 e. The molecule has 8 rings (SSSR count). The molecule has 4 aromatic carbocycles. The average Bonchev–Trinajstić information content (AvgIpc) is 3.34. The molecule has 69 heavy (non-hydrogen) atoms. The van der Waals surface area contributed by atoms with Crippen molar-refractivity contribution < 1.29 is 9.59 Å². The summed E-state index contributed by atoms with van der Waals surface area (Å²) < 4.78 is 0. The van der Waals surface area contributed by atoms with Gasteiger partial charge in [0.1, 0.15) is 0 Å². The maximum absolute atomic E-state index is 12.3. The first-order valence-electron chi connectivity index (χ1n) is 24.6. The van der Waals surface area contributed by atoms with Gasteiger partial charge in [0.05, 0.1) is 33.5 Å². The van der Waals surface area contributed by atoms with Gasteiger partial charge >= 0.3 is 0 Å². The van der Waals surface area contributed by atoms with Gasteiger partial charge in [-0.3, -0.25) is 19.4 Å². The number of nitrogens with zero attached hydrogens (tertiary/aromatic N) is 5. The van der Waals surface area contributed by atoms with E-state index in [0.717, 1.165) is 106 Å². The summed E-state index contributed by atoms with van der Waals surface area (Å²) in [4.78, 5) is 34.2. The van der Waals surface area contributed by atoms with Crippen molar-refractivity contribution in [1.29, 1.82) is 0 Å². The molecule has 8 nitrogen and oxygen atoms in total. The molecule has 0 radical (unpaired) electrons. The molecule has 2 atom stereocenters. The van der Waals surface area contributed by atoms with Crippen molar-refractivity contribution >= 4 is 104 Å². The van der Waals surface area contributed by atoms with E-state index in [1.54, 1.807) is 13.8 Å². The molecule has 4 heterocycles. The van der Waals surface area contributed by atoms with Gasteiger partial charge in [-0.15, -0.1) is 0 Å². The molecular weight excluding hydrogens is 1010 g/mol. The molecule has 0 bridgehead atoms. The van der Waals surface area contributed by atoms with Crippen LogP contribution in [0.4, 0.5) is 11.4 Å². The van der Waals surface area contributed by atoms with Crippen LogP contribution in [-0.4, -0.2) is 104 Å². The lowest BCUT2D eigenvalue weighted by atomic mass is 9.92. The highest BCUT2D eigenvalue weighted by molar-refractivity contribution is 6.63. The first-order valence-corrected chi connectivity index (χ1v) is 27.3. The van der Waals surface area contributed by atoms with E-state index in [9.17, 15) is 9.59 Å². The lowest BCUT2D eigenvalue weighted by molar-refractivity contribution is -0.135. The Kier molecular flexibility index (Phi) is 22.3. The number of hydrogen-bond donors (Lipinski definition) is 1. The van der Waals surface area contributed by atoms with Gasteiger partial charge in [0.15, 0.2) is 0 Å². The van der Waals surface area contributed by atoms with Gasteiger partial charge in [0.25, 0.3) is 0 Å². The molecule has 4 fully saturated rings. The Bertz CT molecular complexity index is 2240. The third-order valence-corrected chi connectivity index (χ3v) is 15.9. The molecule has 0 aliphatic carbocycles. The number of piperazine rings is 2. The number of piperidine rings is 2. The summed E-state index contributed by atoms with van der Waals surface area (Å²) in [5.74, 6) is 1.91. The van der Waals surface area contributed by atoms with Crippen molar-refractivity contribution in [3.05, 3.63) is 126 Å². The van der Waals surface area contributed by atoms with Crippen molar-refractivity contribution in [2.24, 2.45) is 23.7 Å². The van der Waals surface area contributed by atoms with E-state index in [1.807, 2.05) is 79.4 Å². The molecule has 15 heteroatoms. The summed E-state index contributed by atoms with van der Waals surface area (Å²) in [5.41, 5.74) is 4.58. The standard InChI is InChI=1S/C27H34Cl3N3O.C23H28Cl3N3.C4H7ClO/c1-19(2)27(34)32-13-10-20(11-14-32)9-12-31-15-16-33(25-8-7-23(29)17-24(25)30)26(18-31)21-3-5-22(28)6-4-21;24-19-3-1-18(2-4-19)23-16-28(12-9-17-7-10-27-11-8-17)13-14-29(23)22-6-5-20(25)15-21(22)26;1-3(2)4(5)6/h3-8,17,19-20,26H,9-16,18H2,1-2H3;1-6,15,17,23,27H,7-14,16H2;3H,1-2H3/t26-;23-;/m00./s1. The molecule has 0 aromatic heterocycles. The van der Waals surface area contributed by atoms with Gasteiger partial charge in [-0.25, -0.2) is 0 Å². The van der Waals surface area contributed by atoms with E-state index in [2.05, 4.69) is 49.2 Å². The first-order chi connectivity index (χ1) is 33.1. The number of benzene rings is 4. The van der Waals surface area contributed by atoms with E-state index in [4.69, 9.17) is 81.2 Å². The predicted molar refractivity (Wildman–Crippen MR) is 294 cm³/mol. The topological polar surface area (TPSA) is 62.4 Å². The first kappa shape index (κ1) is 55.8. The Labute approximate surface area is 446 Å². The molecule has 4 aliphatic rings. The third kappa shape index (κ3) is 16.8. The van der Waals surface area contributed by atoms with Crippen LogP contribution in [0.15, 0.2) is 84.9 Å². The third-order valence-electron chi connectivity index (χ3n) is 13.9. The quantitative estimate of drug-likeness (QED) is 0.142. The van der Waals surface area contributed by atoms with Crippen molar-refractivity contribution in [2.75, 3.05) is 88.3 Å². The second-order valence-corrected chi connectivity index (χ2v) is 22.4. The van der Waals surface area contributed by atoms with Crippen LogP contribution >= 0.6 is 81.2 Å². The van der Waals surface area contributed by atoms with Crippen LogP contribution in [0.2, 0.25) is 30.1 Å². The number of anilines is 2. The van der Waals surface area contributed by atoms with Crippen LogP contribution in [-0.2, 0) is 9.59 Å². The number of halogens is 7. The van der Waals surface area contributed by atoms with Gasteiger partial charge in [0.2, 0.25) is 11.1 Å². The average molecular weight is 1080 g/mol. The minimum Gasteiger partial charge on any atom is -0.361 e. The fraction of sp³-hybridized carbons (Fsp3) is 0.519. The molecule has 0 unspecified atom stereocenters. The molecule has 1 amide bonds. The second kappa shape index (κ2) is 27.5. The molecule has 376 valence electrons. The van der Waals surface area contributed by atoms with Crippen LogP contribution in [0.5, 0.6) is 0 Å². The summed E-state index contributed by atoms with van der Waals surface area (Å²) in [6, 6.07) is 28.4. The molecule has 0 saturated carbocycles. The van der Waals surface area contributed by atoms with Crippen LogP contribution in [0.3, 0.4) is 0 Å². The van der Waals surface area contributed by atoms with Crippen LogP contribution < -0.4 is 15.1 Å². The lowest BCUT2D eigenvalue weighted by Gasteiger charge is -2.44. The van der Waals surface area contributed by atoms with E-state index in [-0.39, 0.29) is 29.2 Å². The molecule has 4 aliphatic heterocycles. The number of hydrogen-bond acceptors (Lipinski definition) is 7. The zero-order valence-electron chi connectivity index (χ0n) is 40.5. The number of nitrogens with one attached hydrogen (secondary N) is 1. The minimum atomic E-state index is -0.269. The van der Waals surface area contributed by atoms with Crippen LogP contribution in [0.1, 0.15) is 89.4 Å². The van der Waals surface area contributed by atoms with Crippen molar-refractivity contribution in [3.63, 3.8) is 0 Å². The van der Waals surface area contributed by atoms with Crippen molar-refractivity contribution in [1.82, 2.24) is 20.0 Å². The second-order valence-electron chi connectivity index (χ2n) is 19.5. The highest BCUT2D eigenvalue weighted by Gasteiger charge is 2.32. The monoisotopic (exact) mass is 1080 g/mol. The molecule has 1 N–H and O–H groups in total. The summed E-state index contributed by atoms with van der Waals surface area (Å²) >= 11 is 42.8. The van der Waals surface area contributed by atoms with Crippen molar-refractivity contribution in [3.8, 4) is 0 Å². The van der Waals surface area contributed by atoms with Crippen LogP contribution in [0.25, 0.3) is 0 Å². The Morgan fingerprint density at radius 3 is 1.30 bits per heavy atom. The van der Waals surface area contributed by atoms with Crippen molar-refractivity contribution in [2.45, 2.75) is 78.3 Å². The van der Waals surface area contributed by atoms with Gasteiger partial charge < -0.3 is 20.0 Å². The smallest absolute Gasteiger partial charge is 0.225 e. The fourth-order valence-corrected chi connectivity index (χ4v) is 11.0. The van der Waals surface area contributed by atoms with E-state index < -0.39 is 0 Å². The molecule has 4 aromatic rings. The fourth-order valence-electron chi connectivity index (χ4n) is 9.74. The molecule has 4 saturated heterocycles. The number of amides is 1. The highest BCUT2D eigenvalue weighted by atomic mass is 35.5. The van der Waals surface area contributed by atoms with Crippen LogP contribution in [0, 0.1) is 23.7 Å².